The number of fused-ring (bicyclic) bond motifs is 1. The van der Waals surface area contributed by atoms with Crippen LogP contribution in [-0.2, 0) is 0 Å². The maximum absolute atomic E-state index is 13.0. The van der Waals surface area contributed by atoms with Gasteiger partial charge in [-0.15, -0.1) is 0 Å². The summed E-state index contributed by atoms with van der Waals surface area (Å²) >= 11 is 0. The second-order valence-electron chi connectivity index (χ2n) is 7.97. The maximum atomic E-state index is 13.0. The maximum Gasteiger partial charge on any atom is 0.243 e. The van der Waals surface area contributed by atoms with E-state index in [0.717, 1.165) is 37.5 Å². The number of rotatable bonds is 5. The second kappa shape index (κ2) is 7.20. The van der Waals surface area contributed by atoms with E-state index < -0.39 is 0 Å². The number of Topliss-reactive ketones (excluding diaryl/α,β-unsaturated/α-hetero) is 1. The first-order valence-electron chi connectivity index (χ1n) is 10.2. The molecule has 2 aromatic rings. The zero-order chi connectivity index (χ0) is 19.1. The molecule has 3 heterocycles. The Kier molecular flexibility index (Phi) is 4.55. The highest BCUT2D eigenvalue weighted by Crippen LogP contribution is 2.39. The monoisotopic (exact) mass is 383 g/mol. The molecular weight excluding hydrogens is 358 g/mol. The number of aromatic nitrogens is 2. The highest BCUT2D eigenvalue weighted by atomic mass is 16.6. The van der Waals surface area contributed by atoms with Crippen LogP contribution in [0.2, 0.25) is 0 Å². The van der Waals surface area contributed by atoms with Crippen molar-refractivity contribution >= 4 is 5.78 Å². The van der Waals surface area contributed by atoms with Crippen LogP contribution in [0.5, 0.6) is 11.5 Å². The van der Waals surface area contributed by atoms with Gasteiger partial charge in [0.1, 0.15) is 13.2 Å². The normalized spacial score (nSPS) is 21.5. The summed E-state index contributed by atoms with van der Waals surface area (Å²) in [6.45, 7) is 4.89. The van der Waals surface area contributed by atoms with Crippen molar-refractivity contribution in [1.29, 1.82) is 0 Å². The van der Waals surface area contributed by atoms with Gasteiger partial charge in [0.15, 0.2) is 23.1 Å². The summed E-state index contributed by atoms with van der Waals surface area (Å²) in [5.41, 5.74) is 0.710. The Morgan fingerprint density at radius 1 is 1.11 bits per heavy atom. The van der Waals surface area contributed by atoms with E-state index in [1.165, 1.54) is 12.8 Å². The summed E-state index contributed by atoms with van der Waals surface area (Å²) in [6.07, 6.45) is 4.00. The van der Waals surface area contributed by atoms with Crippen molar-refractivity contribution in [2.75, 3.05) is 26.3 Å². The van der Waals surface area contributed by atoms with E-state index in [2.05, 4.69) is 22.0 Å². The molecule has 1 aliphatic carbocycles. The Morgan fingerprint density at radius 3 is 2.61 bits per heavy atom. The highest BCUT2D eigenvalue weighted by molar-refractivity contribution is 5.98. The smallest absolute Gasteiger partial charge is 0.243 e. The first kappa shape index (κ1) is 17.7. The van der Waals surface area contributed by atoms with Crippen molar-refractivity contribution in [2.45, 2.75) is 44.6 Å². The van der Waals surface area contributed by atoms with Crippen molar-refractivity contribution in [2.24, 2.45) is 5.92 Å². The fourth-order valence-electron chi connectivity index (χ4n) is 4.06. The fraction of sp³-hybridized carbons (Fsp3) is 0.571. The molecule has 28 heavy (non-hydrogen) atoms. The van der Waals surface area contributed by atoms with Gasteiger partial charge in [-0.05, 0) is 63.9 Å². The lowest BCUT2D eigenvalue weighted by Crippen LogP contribution is -2.38. The van der Waals surface area contributed by atoms with Crippen LogP contribution in [0.25, 0.3) is 0 Å². The number of benzene rings is 1. The molecule has 0 radical (unpaired) electrons. The van der Waals surface area contributed by atoms with Gasteiger partial charge in [0.2, 0.25) is 5.89 Å². The number of ketones is 1. The average molecular weight is 383 g/mol. The van der Waals surface area contributed by atoms with Crippen LogP contribution in [-0.4, -0.2) is 47.1 Å². The van der Waals surface area contributed by atoms with Crippen LogP contribution in [0.15, 0.2) is 22.7 Å². The minimum atomic E-state index is 0.0377. The summed E-state index contributed by atoms with van der Waals surface area (Å²) in [5.74, 6) is 3.67. The number of nitrogens with zero attached hydrogens (tertiary/aromatic N) is 3. The van der Waals surface area contributed by atoms with E-state index in [-0.39, 0.29) is 17.7 Å². The molecule has 1 saturated heterocycles. The Bertz CT molecular complexity index is 868. The van der Waals surface area contributed by atoms with Gasteiger partial charge in [0, 0.05) is 17.4 Å². The Balaban J connectivity index is 1.21. The molecule has 0 bridgehead atoms. The number of likely N-dealkylation sites (tertiary alicyclic amines) is 1. The molecule has 1 aromatic carbocycles. The van der Waals surface area contributed by atoms with E-state index in [4.69, 9.17) is 14.0 Å². The molecule has 7 nitrogen and oxygen atoms in total. The molecule has 0 N–H and O–H groups in total. The standard InChI is InChI=1S/C21H25N3O4/c1-13(21-22-20(23-28-21)15-2-3-15)24-8-6-14(7-9-24)19(25)16-4-5-17-18(12-16)27-11-10-26-17/h4-5,12-15H,2-3,6-11H2,1H3. The second-order valence-corrected chi connectivity index (χ2v) is 7.97. The van der Waals surface area contributed by atoms with Gasteiger partial charge in [-0.2, -0.15) is 4.98 Å². The van der Waals surface area contributed by atoms with Crippen LogP contribution in [0.4, 0.5) is 0 Å². The third-order valence-electron chi connectivity index (χ3n) is 6.03. The van der Waals surface area contributed by atoms with E-state index in [1.807, 2.05) is 18.2 Å². The summed E-state index contributed by atoms with van der Waals surface area (Å²) in [4.78, 5) is 19.9. The quantitative estimate of drug-likeness (QED) is 0.733. The molecule has 7 heteroatoms. The molecule has 1 saturated carbocycles. The van der Waals surface area contributed by atoms with Gasteiger partial charge in [-0.25, -0.2) is 0 Å². The first-order chi connectivity index (χ1) is 13.7. The topological polar surface area (TPSA) is 77.7 Å². The van der Waals surface area contributed by atoms with Crippen molar-refractivity contribution in [1.82, 2.24) is 15.0 Å². The molecule has 3 aliphatic rings. The zero-order valence-corrected chi connectivity index (χ0v) is 16.1. The number of ether oxygens (including phenoxy) is 2. The lowest BCUT2D eigenvalue weighted by molar-refractivity contribution is 0.0774. The zero-order valence-electron chi connectivity index (χ0n) is 16.1. The van der Waals surface area contributed by atoms with Crippen LogP contribution in [0, 0.1) is 5.92 Å². The molecule has 1 aromatic heterocycles. The number of piperidine rings is 1. The SMILES string of the molecule is CC(c1nc(C2CC2)no1)N1CCC(C(=O)c2ccc3c(c2)OCCO3)CC1. The van der Waals surface area contributed by atoms with Crippen molar-refractivity contribution in [3.8, 4) is 11.5 Å². The molecule has 1 atom stereocenters. The molecule has 0 spiro atoms. The Labute approximate surface area is 164 Å². The summed E-state index contributed by atoms with van der Waals surface area (Å²) < 4.78 is 16.6. The lowest BCUT2D eigenvalue weighted by atomic mass is 9.88. The largest absolute Gasteiger partial charge is 0.486 e. The van der Waals surface area contributed by atoms with Gasteiger partial charge in [0.25, 0.3) is 0 Å². The van der Waals surface area contributed by atoms with E-state index in [9.17, 15) is 4.79 Å². The first-order valence-corrected chi connectivity index (χ1v) is 10.2. The molecule has 2 aliphatic heterocycles. The predicted molar refractivity (Wildman–Crippen MR) is 101 cm³/mol. The highest BCUT2D eigenvalue weighted by Gasteiger charge is 2.33. The number of carbonyl (C=O) groups excluding carboxylic acids is 1. The lowest BCUT2D eigenvalue weighted by Gasteiger charge is -2.34. The van der Waals surface area contributed by atoms with Gasteiger partial charge >= 0.3 is 0 Å². The molecule has 0 amide bonds. The Hall–Kier alpha value is -2.41. The van der Waals surface area contributed by atoms with Gasteiger partial charge in [0.05, 0.1) is 6.04 Å². The summed E-state index contributed by atoms with van der Waals surface area (Å²) in [6, 6.07) is 5.60. The van der Waals surface area contributed by atoms with Crippen molar-refractivity contribution in [3.63, 3.8) is 0 Å². The van der Waals surface area contributed by atoms with Crippen LogP contribution in [0.1, 0.15) is 66.6 Å². The van der Waals surface area contributed by atoms with Crippen LogP contribution >= 0.6 is 0 Å². The van der Waals surface area contributed by atoms with E-state index in [1.54, 1.807) is 0 Å². The van der Waals surface area contributed by atoms with Gasteiger partial charge in [-0.1, -0.05) is 5.16 Å². The third-order valence-corrected chi connectivity index (χ3v) is 6.03. The minimum Gasteiger partial charge on any atom is -0.486 e. The minimum absolute atomic E-state index is 0.0377. The van der Waals surface area contributed by atoms with Gasteiger partial charge < -0.3 is 14.0 Å². The molecule has 148 valence electrons. The summed E-state index contributed by atoms with van der Waals surface area (Å²) in [5, 5.41) is 4.12. The Morgan fingerprint density at radius 2 is 1.86 bits per heavy atom. The average Bonchev–Trinajstić information content (AvgIpc) is 3.49. The van der Waals surface area contributed by atoms with E-state index >= 15 is 0 Å². The molecule has 1 unspecified atom stereocenters. The van der Waals surface area contributed by atoms with Crippen molar-refractivity contribution in [3.05, 3.63) is 35.5 Å². The van der Waals surface area contributed by atoms with E-state index in [0.29, 0.717) is 36.3 Å². The fourth-order valence-corrected chi connectivity index (χ4v) is 4.06. The van der Waals surface area contributed by atoms with Crippen LogP contribution in [0.3, 0.4) is 0 Å². The molecular formula is C21H25N3O4. The van der Waals surface area contributed by atoms with Crippen molar-refractivity contribution < 1.29 is 18.8 Å². The third kappa shape index (κ3) is 3.39. The van der Waals surface area contributed by atoms with Crippen LogP contribution < -0.4 is 9.47 Å². The molecule has 5 rings (SSSR count). The number of hydrogen-bond donors (Lipinski definition) is 0. The molecule has 2 fully saturated rings. The number of carbonyl (C=O) groups is 1. The van der Waals surface area contributed by atoms with Gasteiger partial charge in [-0.3, -0.25) is 9.69 Å². The predicted octanol–water partition coefficient (Wildman–Crippen LogP) is 3.37. The number of hydrogen-bond acceptors (Lipinski definition) is 7. The summed E-state index contributed by atoms with van der Waals surface area (Å²) in [7, 11) is 0.